The van der Waals surface area contributed by atoms with E-state index in [0.717, 1.165) is 5.13 Å². The predicted octanol–water partition coefficient (Wildman–Crippen LogP) is -1.61. The summed E-state index contributed by atoms with van der Waals surface area (Å²) >= 11 is 10.7. The number of aromatic nitrogens is 1. The first-order valence-electron chi connectivity index (χ1n) is 2.16. The Balaban J connectivity index is 0.000000810. The van der Waals surface area contributed by atoms with E-state index in [0.29, 0.717) is 4.32 Å². The van der Waals surface area contributed by atoms with Gasteiger partial charge in [0.25, 0.3) is 0 Å². The van der Waals surface area contributed by atoms with Crippen LogP contribution in [0, 0.1) is 0 Å². The molecule has 0 radical (unpaired) electrons. The van der Waals surface area contributed by atoms with Crippen molar-refractivity contribution in [1.82, 2.24) is 4.98 Å². The third kappa shape index (κ3) is 4.29. The Morgan fingerprint density at radius 1 is 1.80 bits per heavy atom. The van der Waals surface area contributed by atoms with E-state index in [1.807, 2.05) is 5.38 Å². The van der Waals surface area contributed by atoms with Crippen LogP contribution in [-0.2, 0) is 12.6 Å². The van der Waals surface area contributed by atoms with Crippen LogP contribution < -0.4 is 56.7 Å². The van der Waals surface area contributed by atoms with Crippen molar-refractivity contribution in [2.24, 2.45) is 0 Å². The molecule has 10 heavy (non-hydrogen) atoms. The second kappa shape index (κ2) is 5.96. The first kappa shape index (κ1) is 11.4. The molecule has 0 saturated carbocycles. The Hall–Kier alpha value is 1.38. The standard InChI is InChI=1S/C4H4N2S3.K/c7-4(8)6-3-5-1-2-9-3;/h1-2H,(H2,5,6,7,8);/q;+1/p-1. The Labute approximate surface area is 117 Å². The SMILES string of the molecule is S=C([S-])Nc1nccs1.[K+]. The van der Waals surface area contributed by atoms with Crippen LogP contribution in [0.25, 0.3) is 0 Å². The molecule has 6 heteroatoms. The fraction of sp³-hybridized carbons (Fsp3) is 0. The van der Waals surface area contributed by atoms with Gasteiger partial charge >= 0.3 is 51.4 Å². The second-order valence-corrected chi connectivity index (χ2v) is 3.22. The summed E-state index contributed by atoms with van der Waals surface area (Å²) in [4.78, 5) is 3.91. The molecule has 0 spiro atoms. The van der Waals surface area contributed by atoms with E-state index in [-0.39, 0.29) is 51.4 Å². The molecular weight excluding hydrogens is 211 g/mol. The fourth-order valence-corrected chi connectivity index (χ4v) is 1.23. The largest absolute Gasteiger partial charge is 1.00 e. The molecule has 0 aliphatic heterocycles. The Morgan fingerprint density at radius 3 is 2.90 bits per heavy atom. The summed E-state index contributed by atoms with van der Waals surface area (Å²) < 4.78 is 0.338. The number of hydrogen-bond donors (Lipinski definition) is 1. The second-order valence-electron chi connectivity index (χ2n) is 1.25. The molecule has 1 N–H and O–H groups in total. The van der Waals surface area contributed by atoms with Crippen LogP contribution >= 0.6 is 23.6 Å². The zero-order chi connectivity index (χ0) is 6.69. The number of hydrogen-bond acceptors (Lipinski definition) is 4. The zero-order valence-electron chi connectivity index (χ0n) is 5.33. The van der Waals surface area contributed by atoms with Crippen molar-refractivity contribution in [3.63, 3.8) is 0 Å². The maximum atomic E-state index is 4.61. The summed E-state index contributed by atoms with van der Waals surface area (Å²) in [6, 6.07) is 0. The molecule has 0 bridgehead atoms. The van der Waals surface area contributed by atoms with Crippen molar-refractivity contribution in [3.05, 3.63) is 11.6 Å². The number of nitrogens with one attached hydrogen (secondary N) is 1. The Morgan fingerprint density at radius 2 is 2.50 bits per heavy atom. The molecular formula is C4H3KN2S3. The molecule has 0 saturated heterocycles. The van der Waals surface area contributed by atoms with Crippen LogP contribution in [0.2, 0.25) is 0 Å². The van der Waals surface area contributed by atoms with Crippen molar-refractivity contribution in [2.45, 2.75) is 0 Å². The van der Waals surface area contributed by atoms with E-state index in [4.69, 9.17) is 0 Å². The van der Waals surface area contributed by atoms with Crippen LogP contribution in [0.5, 0.6) is 0 Å². The first-order chi connectivity index (χ1) is 4.29. The first-order valence-corrected chi connectivity index (χ1v) is 3.86. The minimum absolute atomic E-state index is 0. The van der Waals surface area contributed by atoms with E-state index < -0.39 is 0 Å². The third-order valence-electron chi connectivity index (χ3n) is 0.641. The van der Waals surface area contributed by atoms with E-state index in [1.54, 1.807) is 6.20 Å². The number of nitrogens with zero attached hydrogens (tertiary/aromatic N) is 1. The number of thiocarbonyl (C=S) groups is 1. The van der Waals surface area contributed by atoms with E-state index >= 15 is 0 Å². The van der Waals surface area contributed by atoms with Gasteiger partial charge in [-0.3, -0.25) is 0 Å². The van der Waals surface area contributed by atoms with Gasteiger partial charge in [-0.15, -0.1) is 11.3 Å². The van der Waals surface area contributed by atoms with Gasteiger partial charge in [0, 0.05) is 11.6 Å². The smallest absolute Gasteiger partial charge is 0.411 e. The van der Waals surface area contributed by atoms with Crippen molar-refractivity contribution >= 4 is 45.6 Å². The summed E-state index contributed by atoms with van der Waals surface area (Å²) in [6.45, 7) is 0. The summed E-state index contributed by atoms with van der Waals surface area (Å²) in [6.07, 6.45) is 1.70. The molecule has 0 unspecified atom stereocenters. The van der Waals surface area contributed by atoms with Gasteiger partial charge in [-0.25, -0.2) is 4.98 Å². The van der Waals surface area contributed by atoms with Gasteiger partial charge in [0.05, 0.1) is 0 Å². The fourth-order valence-electron chi connectivity index (χ4n) is 0.372. The van der Waals surface area contributed by atoms with Gasteiger partial charge in [0.1, 0.15) is 0 Å². The molecule has 1 aromatic rings. The van der Waals surface area contributed by atoms with E-state index in [2.05, 4.69) is 35.1 Å². The topological polar surface area (TPSA) is 24.9 Å². The molecule has 1 heterocycles. The van der Waals surface area contributed by atoms with Crippen molar-refractivity contribution in [3.8, 4) is 0 Å². The monoisotopic (exact) mass is 214 g/mol. The number of rotatable bonds is 1. The van der Waals surface area contributed by atoms with E-state index in [1.165, 1.54) is 11.3 Å². The Bertz CT molecular complexity index is 198. The molecule has 0 fully saturated rings. The van der Waals surface area contributed by atoms with Crippen molar-refractivity contribution in [2.75, 3.05) is 5.32 Å². The molecule has 1 rings (SSSR count). The van der Waals surface area contributed by atoms with Gasteiger partial charge in [0.15, 0.2) is 5.13 Å². The van der Waals surface area contributed by atoms with Crippen LogP contribution in [0.15, 0.2) is 11.6 Å². The van der Waals surface area contributed by atoms with Crippen LogP contribution in [0.4, 0.5) is 5.13 Å². The van der Waals surface area contributed by atoms with Crippen molar-refractivity contribution in [1.29, 1.82) is 0 Å². The van der Waals surface area contributed by atoms with Crippen LogP contribution in [-0.4, -0.2) is 9.30 Å². The van der Waals surface area contributed by atoms with Crippen LogP contribution in [0.3, 0.4) is 0 Å². The summed E-state index contributed by atoms with van der Waals surface area (Å²) in [7, 11) is 0. The normalized spacial score (nSPS) is 8.00. The molecule has 0 aromatic carbocycles. The van der Waals surface area contributed by atoms with Gasteiger partial charge in [-0.2, -0.15) is 0 Å². The average Bonchev–Trinajstić information content (AvgIpc) is 2.15. The summed E-state index contributed by atoms with van der Waals surface area (Å²) in [5.74, 6) is 0. The van der Waals surface area contributed by atoms with Crippen LogP contribution in [0.1, 0.15) is 0 Å². The quantitative estimate of drug-likeness (QED) is 0.345. The van der Waals surface area contributed by atoms with Gasteiger partial charge in [-0.05, 0) is 0 Å². The molecule has 0 aliphatic rings. The average molecular weight is 214 g/mol. The van der Waals surface area contributed by atoms with Gasteiger partial charge < -0.3 is 30.2 Å². The molecule has 48 valence electrons. The zero-order valence-corrected chi connectivity index (χ0v) is 10.9. The molecule has 0 amide bonds. The molecule has 0 atom stereocenters. The molecule has 2 nitrogen and oxygen atoms in total. The van der Waals surface area contributed by atoms with Gasteiger partial charge in [-0.1, -0.05) is 4.32 Å². The molecule has 0 aliphatic carbocycles. The Kier molecular flexibility index (Phi) is 6.78. The number of thiazole rings is 1. The maximum absolute atomic E-state index is 4.61. The molecule has 1 aromatic heterocycles. The summed E-state index contributed by atoms with van der Waals surface area (Å²) in [5.41, 5.74) is 0. The number of anilines is 1. The minimum Gasteiger partial charge on any atom is -0.411 e. The summed E-state index contributed by atoms with van der Waals surface area (Å²) in [5, 5.41) is 5.35. The minimum atomic E-state index is 0. The van der Waals surface area contributed by atoms with E-state index in [9.17, 15) is 0 Å². The maximum Gasteiger partial charge on any atom is 1.00 e. The van der Waals surface area contributed by atoms with Crippen molar-refractivity contribution < 1.29 is 51.4 Å². The third-order valence-corrected chi connectivity index (χ3v) is 1.53. The predicted molar refractivity (Wildman–Crippen MR) is 45.7 cm³/mol. The van der Waals surface area contributed by atoms with Gasteiger partial charge in [0.2, 0.25) is 0 Å².